The van der Waals surface area contributed by atoms with Crippen molar-refractivity contribution in [3.63, 3.8) is 0 Å². The largest absolute Gasteiger partial charge is 0.497 e. The van der Waals surface area contributed by atoms with Gasteiger partial charge in [-0.15, -0.1) is 0 Å². The molecule has 5 heteroatoms. The summed E-state index contributed by atoms with van der Waals surface area (Å²) in [5.74, 6) is 0.841. The maximum absolute atomic E-state index is 11.5. The van der Waals surface area contributed by atoms with Crippen LogP contribution < -0.4 is 15.4 Å². The lowest BCUT2D eigenvalue weighted by Gasteiger charge is -2.20. The summed E-state index contributed by atoms with van der Waals surface area (Å²) in [6.07, 6.45) is -0.390. The van der Waals surface area contributed by atoms with Crippen molar-refractivity contribution in [3.05, 3.63) is 29.8 Å². The van der Waals surface area contributed by atoms with Crippen LogP contribution >= 0.6 is 0 Å². The predicted octanol–water partition coefficient (Wildman–Crippen LogP) is 2.87. The van der Waals surface area contributed by atoms with Crippen LogP contribution in [0.3, 0.4) is 0 Å². The highest BCUT2D eigenvalue weighted by atomic mass is 16.6. The van der Waals surface area contributed by atoms with Gasteiger partial charge in [-0.2, -0.15) is 0 Å². The molecule has 0 saturated carbocycles. The summed E-state index contributed by atoms with van der Waals surface area (Å²) < 4.78 is 10.4. The zero-order chi connectivity index (χ0) is 15.9. The van der Waals surface area contributed by atoms with Crippen molar-refractivity contribution >= 4 is 6.09 Å². The lowest BCUT2D eigenvalue weighted by Crippen LogP contribution is -2.36. The van der Waals surface area contributed by atoms with E-state index < -0.39 is 11.7 Å². The monoisotopic (exact) mass is 294 g/mol. The molecular formula is C16H26N2O3. The van der Waals surface area contributed by atoms with Gasteiger partial charge in [0.15, 0.2) is 0 Å². The van der Waals surface area contributed by atoms with Gasteiger partial charge in [-0.25, -0.2) is 4.79 Å². The van der Waals surface area contributed by atoms with Gasteiger partial charge in [0.2, 0.25) is 0 Å². The third-order valence-corrected chi connectivity index (χ3v) is 2.84. The number of nitrogens with one attached hydrogen (secondary N) is 2. The van der Waals surface area contributed by atoms with Crippen molar-refractivity contribution < 1.29 is 14.3 Å². The molecule has 0 aromatic heterocycles. The summed E-state index contributed by atoms with van der Waals surface area (Å²) in [4.78, 5) is 11.5. The number of hydrogen-bond acceptors (Lipinski definition) is 4. The molecule has 2 N–H and O–H groups in total. The summed E-state index contributed by atoms with van der Waals surface area (Å²) >= 11 is 0. The number of benzene rings is 1. The molecule has 5 nitrogen and oxygen atoms in total. The molecule has 118 valence electrons. The summed E-state index contributed by atoms with van der Waals surface area (Å²) in [6, 6.07) is 8.10. The molecule has 1 rings (SSSR count). The molecule has 0 spiro atoms. The third kappa shape index (κ3) is 6.99. The Morgan fingerprint density at radius 3 is 2.62 bits per heavy atom. The highest BCUT2D eigenvalue weighted by Crippen LogP contribution is 2.18. The zero-order valence-electron chi connectivity index (χ0n) is 13.5. The zero-order valence-corrected chi connectivity index (χ0v) is 13.5. The van der Waals surface area contributed by atoms with E-state index in [1.807, 2.05) is 45.0 Å². The fourth-order valence-electron chi connectivity index (χ4n) is 1.80. The van der Waals surface area contributed by atoms with Crippen LogP contribution in [-0.4, -0.2) is 31.9 Å². The Kier molecular flexibility index (Phi) is 6.49. The van der Waals surface area contributed by atoms with Gasteiger partial charge < -0.3 is 20.1 Å². The number of carbonyl (C=O) groups is 1. The van der Waals surface area contributed by atoms with E-state index >= 15 is 0 Å². The molecule has 0 aliphatic rings. The Hall–Kier alpha value is -1.75. The predicted molar refractivity (Wildman–Crippen MR) is 83.6 cm³/mol. The Bertz CT molecular complexity index is 455. The number of hydrogen-bond donors (Lipinski definition) is 2. The molecule has 0 heterocycles. The molecule has 0 unspecified atom stereocenters. The van der Waals surface area contributed by atoms with E-state index in [0.717, 1.165) is 11.3 Å². The van der Waals surface area contributed by atoms with Gasteiger partial charge in [0, 0.05) is 19.1 Å². The molecule has 0 aliphatic heterocycles. The van der Waals surface area contributed by atoms with Crippen molar-refractivity contribution in [2.45, 2.75) is 39.3 Å². The molecule has 1 aromatic rings. The first-order valence-electron chi connectivity index (χ1n) is 7.16. The molecule has 0 aliphatic carbocycles. The molecule has 0 saturated heterocycles. The minimum Gasteiger partial charge on any atom is -0.497 e. The van der Waals surface area contributed by atoms with E-state index in [2.05, 4.69) is 17.6 Å². The molecule has 0 radical (unpaired) electrons. The minimum absolute atomic E-state index is 0.181. The Labute approximate surface area is 127 Å². The van der Waals surface area contributed by atoms with Gasteiger partial charge in [0.25, 0.3) is 0 Å². The first kappa shape index (κ1) is 17.3. The SMILES string of the molecule is COc1cccc([C@@H](C)NCCNC(=O)OC(C)(C)C)c1. The molecule has 1 amide bonds. The van der Waals surface area contributed by atoms with Gasteiger partial charge in [-0.3, -0.25) is 0 Å². The number of alkyl carbamates (subject to hydrolysis) is 1. The van der Waals surface area contributed by atoms with Crippen LogP contribution in [0.4, 0.5) is 4.79 Å². The topological polar surface area (TPSA) is 59.6 Å². The Balaban J connectivity index is 2.30. The van der Waals surface area contributed by atoms with Crippen LogP contribution in [0, 0.1) is 0 Å². The van der Waals surface area contributed by atoms with E-state index in [-0.39, 0.29) is 6.04 Å². The third-order valence-electron chi connectivity index (χ3n) is 2.84. The van der Waals surface area contributed by atoms with Crippen molar-refractivity contribution in [3.8, 4) is 5.75 Å². The Morgan fingerprint density at radius 2 is 2.00 bits per heavy atom. The smallest absolute Gasteiger partial charge is 0.407 e. The van der Waals surface area contributed by atoms with Crippen LogP contribution in [0.5, 0.6) is 5.75 Å². The Morgan fingerprint density at radius 1 is 1.29 bits per heavy atom. The van der Waals surface area contributed by atoms with Gasteiger partial charge in [0.05, 0.1) is 7.11 Å². The number of amides is 1. The van der Waals surface area contributed by atoms with Gasteiger partial charge in [0.1, 0.15) is 11.4 Å². The van der Waals surface area contributed by atoms with E-state index in [0.29, 0.717) is 13.1 Å². The van der Waals surface area contributed by atoms with E-state index in [1.165, 1.54) is 0 Å². The average Bonchev–Trinajstić information content (AvgIpc) is 2.41. The first-order chi connectivity index (χ1) is 9.81. The second kappa shape index (κ2) is 7.88. The fraction of sp³-hybridized carbons (Fsp3) is 0.562. The molecule has 0 fully saturated rings. The quantitative estimate of drug-likeness (QED) is 0.792. The van der Waals surface area contributed by atoms with E-state index in [4.69, 9.17) is 9.47 Å². The van der Waals surface area contributed by atoms with Crippen molar-refractivity contribution in [1.82, 2.24) is 10.6 Å². The van der Waals surface area contributed by atoms with Crippen molar-refractivity contribution in [2.24, 2.45) is 0 Å². The minimum atomic E-state index is -0.467. The lowest BCUT2D eigenvalue weighted by molar-refractivity contribution is 0.0528. The highest BCUT2D eigenvalue weighted by molar-refractivity contribution is 5.67. The number of rotatable bonds is 6. The second-order valence-corrected chi connectivity index (χ2v) is 5.88. The second-order valence-electron chi connectivity index (χ2n) is 5.88. The normalized spacial score (nSPS) is 12.6. The number of methoxy groups -OCH3 is 1. The average molecular weight is 294 g/mol. The van der Waals surface area contributed by atoms with Crippen molar-refractivity contribution in [2.75, 3.05) is 20.2 Å². The maximum atomic E-state index is 11.5. The molecule has 0 bridgehead atoms. The van der Waals surface area contributed by atoms with Crippen LogP contribution in [0.1, 0.15) is 39.3 Å². The maximum Gasteiger partial charge on any atom is 0.407 e. The first-order valence-corrected chi connectivity index (χ1v) is 7.16. The summed E-state index contributed by atoms with van der Waals surface area (Å²) in [5, 5.41) is 6.06. The summed E-state index contributed by atoms with van der Waals surface area (Å²) in [6.45, 7) is 8.78. The van der Waals surface area contributed by atoms with E-state index in [9.17, 15) is 4.79 Å². The van der Waals surface area contributed by atoms with Crippen LogP contribution in [0.25, 0.3) is 0 Å². The molecular weight excluding hydrogens is 268 g/mol. The highest BCUT2D eigenvalue weighted by Gasteiger charge is 2.15. The van der Waals surface area contributed by atoms with Gasteiger partial charge in [-0.05, 0) is 45.4 Å². The van der Waals surface area contributed by atoms with Crippen molar-refractivity contribution in [1.29, 1.82) is 0 Å². The summed E-state index contributed by atoms with van der Waals surface area (Å²) in [5.41, 5.74) is 0.678. The van der Waals surface area contributed by atoms with Crippen LogP contribution in [-0.2, 0) is 4.74 Å². The van der Waals surface area contributed by atoms with Crippen LogP contribution in [0.2, 0.25) is 0 Å². The van der Waals surface area contributed by atoms with E-state index in [1.54, 1.807) is 7.11 Å². The fourth-order valence-corrected chi connectivity index (χ4v) is 1.80. The molecule has 1 aromatic carbocycles. The number of carbonyl (C=O) groups excluding carboxylic acids is 1. The molecule has 1 atom stereocenters. The summed E-state index contributed by atoms with van der Waals surface area (Å²) in [7, 11) is 1.65. The molecule has 21 heavy (non-hydrogen) atoms. The van der Waals surface area contributed by atoms with Crippen LogP contribution in [0.15, 0.2) is 24.3 Å². The van der Waals surface area contributed by atoms with Gasteiger partial charge in [-0.1, -0.05) is 12.1 Å². The van der Waals surface area contributed by atoms with Gasteiger partial charge >= 0.3 is 6.09 Å². The standard InChI is InChI=1S/C16H26N2O3/c1-12(13-7-6-8-14(11-13)20-5)17-9-10-18-15(19)21-16(2,3)4/h6-8,11-12,17H,9-10H2,1-5H3,(H,18,19)/t12-/m1/s1. The lowest BCUT2D eigenvalue weighted by atomic mass is 10.1. The number of ether oxygens (including phenoxy) is 2.